The molecule has 4 rings (SSSR count). The number of H-pyrrole nitrogens is 1. The molecule has 0 unspecified atom stereocenters. The van der Waals surface area contributed by atoms with E-state index in [0.717, 1.165) is 50.5 Å². The molecule has 3 N–H and O–H groups in total. The van der Waals surface area contributed by atoms with Crippen LogP contribution in [-0.2, 0) is 9.53 Å². The van der Waals surface area contributed by atoms with Crippen LogP contribution in [0.15, 0.2) is 18.2 Å². The number of hydrogen-bond acceptors (Lipinski definition) is 4. The summed E-state index contributed by atoms with van der Waals surface area (Å²) >= 11 is 0. The third-order valence-electron chi connectivity index (χ3n) is 5.80. The Bertz CT molecular complexity index is 1040. The van der Waals surface area contributed by atoms with Crippen LogP contribution in [0.2, 0.25) is 0 Å². The van der Waals surface area contributed by atoms with Crippen molar-refractivity contribution in [2.75, 3.05) is 44.7 Å². The highest BCUT2D eigenvalue weighted by Gasteiger charge is 2.26. The third-order valence-corrected chi connectivity index (χ3v) is 5.80. The highest BCUT2D eigenvalue weighted by Crippen LogP contribution is 2.34. The molecule has 2 aromatic rings. The van der Waals surface area contributed by atoms with Crippen LogP contribution in [0.3, 0.4) is 0 Å². The summed E-state index contributed by atoms with van der Waals surface area (Å²) in [6, 6.07) is 4.20. The lowest BCUT2D eigenvalue weighted by molar-refractivity contribution is -0.110. The molecule has 2 aliphatic heterocycles. The molecule has 0 aliphatic carbocycles. The second-order valence-corrected chi connectivity index (χ2v) is 7.93. The molecule has 2 amide bonds. The number of nitrogens with one attached hydrogen (secondary N) is 3. The number of amides is 2. The van der Waals surface area contributed by atoms with E-state index in [4.69, 9.17) is 4.74 Å². The fourth-order valence-electron chi connectivity index (χ4n) is 4.12. The molecule has 0 spiro atoms. The highest BCUT2D eigenvalue weighted by molar-refractivity contribution is 6.34. The van der Waals surface area contributed by atoms with Crippen molar-refractivity contribution in [1.29, 1.82) is 0 Å². The van der Waals surface area contributed by atoms with Crippen LogP contribution in [0.25, 0.3) is 11.6 Å². The van der Waals surface area contributed by atoms with E-state index in [9.17, 15) is 14.0 Å². The summed E-state index contributed by atoms with van der Waals surface area (Å²) in [5.74, 6) is -0.834. The molecule has 0 bridgehead atoms. The van der Waals surface area contributed by atoms with Crippen molar-refractivity contribution >= 4 is 29.2 Å². The standard InChI is InChI=1S/C23H27FN4O3/c1-14-20(13-18-17-12-16(24)4-5-19(17)27-22(18)29)26-15(2)21(14)23(30)25-6-3-7-28-8-10-31-11-9-28/h4-5,12-13,26H,3,6-11H2,1-2H3,(H,25,30)(H,27,29)/b18-13-. The van der Waals surface area contributed by atoms with E-state index in [-0.39, 0.29) is 11.8 Å². The predicted octanol–water partition coefficient (Wildman–Crippen LogP) is 2.72. The van der Waals surface area contributed by atoms with Crippen molar-refractivity contribution in [1.82, 2.24) is 15.2 Å². The molecule has 0 radical (unpaired) electrons. The molecule has 164 valence electrons. The lowest BCUT2D eigenvalue weighted by Crippen LogP contribution is -2.38. The summed E-state index contributed by atoms with van der Waals surface area (Å²) in [5, 5.41) is 5.73. The van der Waals surface area contributed by atoms with E-state index in [2.05, 4.69) is 20.5 Å². The quantitative estimate of drug-likeness (QED) is 0.490. The molecule has 0 atom stereocenters. The lowest BCUT2D eigenvalue weighted by atomic mass is 10.0. The highest BCUT2D eigenvalue weighted by atomic mass is 19.1. The van der Waals surface area contributed by atoms with Crippen LogP contribution in [0, 0.1) is 19.7 Å². The lowest BCUT2D eigenvalue weighted by Gasteiger charge is -2.26. The smallest absolute Gasteiger partial charge is 0.256 e. The number of aryl methyl sites for hydroxylation is 1. The molecule has 1 fully saturated rings. The minimum absolute atomic E-state index is 0.139. The zero-order chi connectivity index (χ0) is 22.0. The van der Waals surface area contributed by atoms with Gasteiger partial charge in [0.1, 0.15) is 5.82 Å². The summed E-state index contributed by atoms with van der Waals surface area (Å²) < 4.78 is 19.0. The number of anilines is 1. The van der Waals surface area contributed by atoms with Gasteiger partial charge in [-0.25, -0.2) is 4.39 Å². The number of hydrogen-bond donors (Lipinski definition) is 3. The SMILES string of the molecule is Cc1[nH]c(/C=C2\C(=O)Nc3ccc(F)cc32)c(C)c1C(=O)NCCCN1CCOCC1. The Kier molecular flexibility index (Phi) is 6.20. The zero-order valence-electron chi connectivity index (χ0n) is 17.8. The molecule has 31 heavy (non-hydrogen) atoms. The van der Waals surface area contributed by atoms with Gasteiger partial charge >= 0.3 is 0 Å². The van der Waals surface area contributed by atoms with Crippen LogP contribution in [0.4, 0.5) is 10.1 Å². The Balaban J connectivity index is 1.45. The summed E-state index contributed by atoms with van der Waals surface area (Å²) in [4.78, 5) is 30.7. The number of morpholine rings is 1. The van der Waals surface area contributed by atoms with Crippen LogP contribution < -0.4 is 10.6 Å². The molecule has 1 aromatic carbocycles. The van der Waals surface area contributed by atoms with Crippen molar-refractivity contribution in [3.63, 3.8) is 0 Å². The van der Waals surface area contributed by atoms with E-state index in [0.29, 0.717) is 34.6 Å². The number of carbonyl (C=O) groups is 2. The minimum atomic E-state index is -0.405. The maximum absolute atomic E-state index is 13.7. The van der Waals surface area contributed by atoms with E-state index in [1.54, 1.807) is 12.1 Å². The molecule has 1 aromatic heterocycles. The van der Waals surface area contributed by atoms with Crippen LogP contribution >= 0.6 is 0 Å². The minimum Gasteiger partial charge on any atom is -0.379 e. The normalized spacial score (nSPS) is 17.6. The first kappa shape index (κ1) is 21.3. The summed E-state index contributed by atoms with van der Waals surface area (Å²) in [6.45, 7) is 8.59. The molecule has 2 aliphatic rings. The van der Waals surface area contributed by atoms with Crippen molar-refractivity contribution in [2.45, 2.75) is 20.3 Å². The predicted molar refractivity (Wildman–Crippen MR) is 117 cm³/mol. The van der Waals surface area contributed by atoms with Gasteiger partial charge in [-0.3, -0.25) is 14.5 Å². The Morgan fingerprint density at radius 1 is 1.29 bits per heavy atom. The maximum atomic E-state index is 13.7. The summed E-state index contributed by atoms with van der Waals surface area (Å²) in [7, 11) is 0. The molecular weight excluding hydrogens is 399 g/mol. The van der Waals surface area contributed by atoms with Crippen molar-refractivity contribution in [3.8, 4) is 0 Å². The number of ether oxygens (including phenoxy) is 1. The van der Waals surface area contributed by atoms with E-state index in [1.807, 2.05) is 13.8 Å². The van der Waals surface area contributed by atoms with Crippen molar-refractivity contribution in [2.24, 2.45) is 0 Å². The second-order valence-electron chi connectivity index (χ2n) is 7.93. The van der Waals surface area contributed by atoms with Gasteiger partial charge in [0.15, 0.2) is 0 Å². The number of aromatic amines is 1. The van der Waals surface area contributed by atoms with Gasteiger partial charge in [0, 0.05) is 42.3 Å². The molecule has 1 saturated heterocycles. The molecule has 3 heterocycles. The van der Waals surface area contributed by atoms with Gasteiger partial charge in [0.25, 0.3) is 11.8 Å². The fraction of sp³-hybridized carbons (Fsp3) is 0.391. The van der Waals surface area contributed by atoms with E-state index < -0.39 is 5.82 Å². The monoisotopic (exact) mass is 426 g/mol. The average Bonchev–Trinajstić information content (AvgIpc) is 3.21. The van der Waals surface area contributed by atoms with Gasteiger partial charge in [-0.15, -0.1) is 0 Å². The Labute approximate surface area is 180 Å². The third kappa shape index (κ3) is 4.55. The number of benzene rings is 1. The molecule has 7 nitrogen and oxygen atoms in total. The first-order valence-corrected chi connectivity index (χ1v) is 10.5. The van der Waals surface area contributed by atoms with Gasteiger partial charge < -0.3 is 20.4 Å². The van der Waals surface area contributed by atoms with Crippen LogP contribution in [0.1, 0.15) is 39.3 Å². The van der Waals surface area contributed by atoms with E-state index >= 15 is 0 Å². The van der Waals surface area contributed by atoms with Crippen LogP contribution in [-0.4, -0.2) is 61.1 Å². The maximum Gasteiger partial charge on any atom is 0.256 e. The number of halogens is 1. The van der Waals surface area contributed by atoms with Crippen molar-refractivity contribution in [3.05, 3.63) is 52.1 Å². The number of carbonyl (C=O) groups excluding carboxylic acids is 2. The Morgan fingerprint density at radius 3 is 2.84 bits per heavy atom. The largest absolute Gasteiger partial charge is 0.379 e. The number of fused-ring (bicyclic) bond motifs is 1. The topological polar surface area (TPSA) is 86.5 Å². The van der Waals surface area contributed by atoms with Gasteiger partial charge in [-0.05, 0) is 56.7 Å². The number of nitrogens with zero attached hydrogens (tertiary/aromatic N) is 1. The molecule has 0 saturated carbocycles. The second kappa shape index (κ2) is 9.03. The first-order valence-electron chi connectivity index (χ1n) is 10.5. The Hall–Kier alpha value is -2.97. The fourth-order valence-corrected chi connectivity index (χ4v) is 4.12. The van der Waals surface area contributed by atoms with Crippen LogP contribution in [0.5, 0.6) is 0 Å². The summed E-state index contributed by atoms with van der Waals surface area (Å²) in [5.41, 5.74) is 4.20. The summed E-state index contributed by atoms with van der Waals surface area (Å²) in [6.07, 6.45) is 2.55. The van der Waals surface area contributed by atoms with Gasteiger partial charge in [-0.1, -0.05) is 0 Å². The van der Waals surface area contributed by atoms with Gasteiger partial charge in [-0.2, -0.15) is 0 Å². The molecular formula is C23H27FN4O3. The van der Waals surface area contributed by atoms with Gasteiger partial charge in [0.05, 0.1) is 24.4 Å². The zero-order valence-corrected chi connectivity index (χ0v) is 17.8. The number of rotatable bonds is 6. The average molecular weight is 426 g/mol. The van der Waals surface area contributed by atoms with E-state index in [1.165, 1.54) is 12.1 Å². The van der Waals surface area contributed by atoms with Gasteiger partial charge in [0.2, 0.25) is 0 Å². The Morgan fingerprint density at radius 2 is 2.06 bits per heavy atom. The number of aromatic nitrogens is 1. The first-order chi connectivity index (χ1) is 14.9. The van der Waals surface area contributed by atoms with Crippen molar-refractivity contribution < 1.29 is 18.7 Å². The molecule has 8 heteroatoms.